The van der Waals surface area contributed by atoms with E-state index in [4.69, 9.17) is 10.5 Å². The van der Waals surface area contributed by atoms with Gasteiger partial charge >= 0.3 is 0 Å². The number of hydrogen-bond donors (Lipinski definition) is 1. The van der Waals surface area contributed by atoms with Gasteiger partial charge in [-0.25, -0.2) is 0 Å². The molecule has 0 aromatic carbocycles. The van der Waals surface area contributed by atoms with Crippen LogP contribution >= 0.6 is 12.4 Å². The summed E-state index contributed by atoms with van der Waals surface area (Å²) in [6.07, 6.45) is 3.20. The summed E-state index contributed by atoms with van der Waals surface area (Å²) in [5.41, 5.74) is 6.26. The van der Waals surface area contributed by atoms with Crippen molar-refractivity contribution in [2.75, 3.05) is 13.2 Å². The Bertz CT molecular complexity index is 122. The number of rotatable bonds is 2. The Morgan fingerprint density at radius 3 is 2.25 bits per heavy atom. The molecule has 3 heteroatoms. The molecule has 0 aromatic rings. The van der Waals surface area contributed by atoms with E-state index in [0.717, 1.165) is 32.5 Å². The van der Waals surface area contributed by atoms with E-state index < -0.39 is 0 Å². The molecule has 2 N–H and O–H groups in total. The normalized spacial score (nSPS) is 22.0. The van der Waals surface area contributed by atoms with E-state index in [1.54, 1.807) is 0 Å². The van der Waals surface area contributed by atoms with Crippen LogP contribution in [-0.2, 0) is 4.74 Å². The van der Waals surface area contributed by atoms with Crippen LogP contribution in [0.4, 0.5) is 0 Å². The molecule has 0 unspecified atom stereocenters. The Hall–Kier alpha value is 0.210. The predicted octanol–water partition coefficient (Wildman–Crippen LogP) is 1.96. The zero-order valence-corrected chi connectivity index (χ0v) is 8.82. The van der Waals surface area contributed by atoms with Gasteiger partial charge in [0.2, 0.25) is 0 Å². The third-order valence-corrected chi connectivity index (χ3v) is 2.30. The molecule has 0 amide bonds. The highest BCUT2D eigenvalue weighted by molar-refractivity contribution is 5.85. The zero-order chi connectivity index (χ0) is 8.32. The minimum atomic E-state index is 0. The van der Waals surface area contributed by atoms with Crippen molar-refractivity contribution in [2.45, 2.75) is 38.6 Å². The monoisotopic (exact) mass is 193 g/mol. The molecule has 1 saturated heterocycles. The Morgan fingerprint density at radius 1 is 1.33 bits per heavy atom. The summed E-state index contributed by atoms with van der Waals surface area (Å²) in [5.74, 6) is 0.707. The van der Waals surface area contributed by atoms with E-state index in [1.807, 2.05) is 0 Å². The van der Waals surface area contributed by atoms with Gasteiger partial charge in [0.05, 0.1) is 0 Å². The SMILES string of the molecule is CC(C)CC1(N)CCOCC1.Cl. The molecule has 1 heterocycles. The first kappa shape index (κ1) is 12.2. The number of hydrogen-bond acceptors (Lipinski definition) is 2. The van der Waals surface area contributed by atoms with Crippen LogP contribution in [-0.4, -0.2) is 18.8 Å². The molecule has 0 saturated carbocycles. The van der Waals surface area contributed by atoms with E-state index in [1.165, 1.54) is 0 Å². The van der Waals surface area contributed by atoms with E-state index >= 15 is 0 Å². The van der Waals surface area contributed by atoms with Gasteiger partial charge in [-0.3, -0.25) is 0 Å². The van der Waals surface area contributed by atoms with E-state index in [9.17, 15) is 0 Å². The first-order valence-corrected chi connectivity index (χ1v) is 4.49. The lowest BCUT2D eigenvalue weighted by molar-refractivity contribution is 0.0459. The van der Waals surface area contributed by atoms with Crippen LogP contribution in [0.1, 0.15) is 33.1 Å². The molecule has 0 atom stereocenters. The topological polar surface area (TPSA) is 35.2 Å². The summed E-state index contributed by atoms with van der Waals surface area (Å²) >= 11 is 0. The fourth-order valence-electron chi connectivity index (χ4n) is 1.80. The molecule has 1 rings (SSSR count). The molecule has 1 aliphatic heterocycles. The lowest BCUT2D eigenvalue weighted by Gasteiger charge is -2.34. The lowest BCUT2D eigenvalue weighted by atomic mass is 9.83. The zero-order valence-electron chi connectivity index (χ0n) is 8.01. The van der Waals surface area contributed by atoms with Crippen molar-refractivity contribution in [3.8, 4) is 0 Å². The molecular weight excluding hydrogens is 174 g/mol. The molecule has 1 fully saturated rings. The standard InChI is InChI=1S/C9H19NO.ClH/c1-8(2)7-9(10)3-5-11-6-4-9;/h8H,3-7,10H2,1-2H3;1H. The molecule has 0 aliphatic carbocycles. The maximum Gasteiger partial charge on any atom is 0.0483 e. The second kappa shape index (κ2) is 5.05. The minimum absolute atomic E-state index is 0. The largest absolute Gasteiger partial charge is 0.381 e. The highest BCUT2D eigenvalue weighted by Gasteiger charge is 2.28. The fourth-order valence-corrected chi connectivity index (χ4v) is 1.80. The molecule has 12 heavy (non-hydrogen) atoms. The van der Waals surface area contributed by atoms with Crippen LogP contribution in [0.2, 0.25) is 0 Å². The third-order valence-electron chi connectivity index (χ3n) is 2.30. The van der Waals surface area contributed by atoms with Crippen molar-refractivity contribution < 1.29 is 4.74 Å². The number of nitrogens with two attached hydrogens (primary N) is 1. The number of ether oxygens (including phenoxy) is 1. The molecule has 0 spiro atoms. The average molecular weight is 194 g/mol. The maximum absolute atomic E-state index is 6.18. The molecule has 1 aliphatic rings. The Labute approximate surface area is 81.3 Å². The third kappa shape index (κ3) is 3.74. The lowest BCUT2D eigenvalue weighted by Crippen LogP contribution is -2.45. The summed E-state index contributed by atoms with van der Waals surface area (Å²) in [7, 11) is 0. The summed E-state index contributed by atoms with van der Waals surface area (Å²) in [5, 5.41) is 0. The van der Waals surface area contributed by atoms with Gasteiger partial charge in [-0.15, -0.1) is 12.4 Å². The van der Waals surface area contributed by atoms with Gasteiger partial charge in [-0.2, -0.15) is 0 Å². The molecular formula is C9H20ClNO. The van der Waals surface area contributed by atoms with Crippen LogP contribution in [0.5, 0.6) is 0 Å². The summed E-state index contributed by atoms with van der Waals surface area (Å²) in [4.78, 5) is 0. The van der Waals surface area contributed by atoms with E-state index in [-0.39, 0.29) is 17.9 Å². The second-order valence-corrected chi connectivity index (χ2v) is 4.07. The maximum atomic E-state index is 6.18. The van der Waals surface area contributed by atoms with Gasteiger partial charge in [0, 0.05) is 18.8 Å². The molecule has 2 nitrogen and oxygen atoms in total. The first-order chi connectivity index (χ1) is 5.12. The van der Waals surface area contributed by atoms with E-state index in [0.29, 0.717) is 5.92 Å². The average Bonchev–Trinajstić information content (AvgIpc) is 1.85. The van der Waals surface area contributed by atoms with Gasteiger partial charge in [-0.05, 0) is 25.2 Å². The van der Waals surface area contributed by atoms with Crippen molar-refractivity contribution in [3.05, 3.63) is 0 Å². The van der Waals surface area contributed by atoms with Crippen LogP contribution in [0.15, 0.2) is 0 Å². The van der Waals surface area contributed by atoms with Gasteiger partial charge in [-0.1, -0.05) is 13.8 Å². The van der Waals surface area contributed by atoms with Gasteiger partial charge < -0.3 is 10.5 Å². The first-order valence-electron chi connectivity index (χ1n) is 4.49. The quantitative estimate of drug-likeness (QED) is 0.728. The van der Waals surface area contributed by atoms with Crippen LogP contribution < -0.4 is 5.73 Å². The van der Waals surface area contributed by atoms with Gasteiger partial charge in [0.15, 0.2) is 0 Å². The van der Waals surface area contributed by atoms with Gasteiger partial charge in [0.1, 0.15) is 0 Å². The van der Waals surface area contributed by atoms with Crippen molar-refractivity contribution >= 4 is 12.4 Å². The predicted molar refractivity (Wildman–Crippen MR) is 53.7 cm³/mol. The van der Waals surface area contributed by atoms with Crippen molar-refractivity contribution in [1.82, 2.24) is 0 Å². The van der Waals surface area contributed by atoms with Crippen molar-refractivity contribution in [2.24, 2.45) is 11.7 Å². The highest BCUT2D eigenvalue weighted by atomic mass is 35.5. The molecule has 74 valence electrons. The van der Waals surface area contributed by atoms with Crippen LogP contribution in [0, 0.1) is 5.92 Å². The Morgan fingerprint density at radius 2 is 1.83 bits per heavy atom. The second-order valence-electron chi connectivity index (χ2n) is 4.07. The Balaban J connectivity index is 0.00000121. The Kier molecular flexibility index (Phi) is 5.14. The minimum Gasteiger partial charge on any atom is -0.381 e. The van der Waals surface area contributed by atoms with Gasteiger partial charge in [0.25, 0.3) is 0 Å². The van der Waals surface area contributed by atoms with Crippen LogP contribution in [0.25, 0.3) is 0 Å². The van der Waals surface area contributed by atoms with Crippen molar-refractivity contribution in [1.29, 1.82) is 0 Å². The molecule has 0 aromatic heterocycles. The summed E-state index contributed by atoms with van der Waals surface area (Å²) < 4.78 is 5.27. The highest BCUT2D eigenvalue weighted by Crippen LogP contribution is 2.24. The van der Waals surface area contributed by atoms with Crippen LogP contribution in [0.3, 0.4) is 0 Å². The smallest absolute Gasteiger partial charge is 0.0483 e. The fraction of sp³-hybridized carbons (Fsp3) is 1.00. The summed E-state index contributed by atoms with van der Waals surface area (Å²) in [6, 6.07) is 0. The number of halogens is 1. The van der Waals surface area contributed by atoms with Crippen molar-refractivity contribution in [3.63, 3.8) is 0 Å². The molecule has 0 bridgehead atoms. The molecule has 0 radical (unpaired) electrons. The summed E-state index contributed by atoms with van der Waals surface area (Å²) in [6.45, 7) is 6.15. The van der Waals surface area contributed by atoms with E-state index in [2.05, 4.69) is 13.8 Å².